The molecule has 8 nitrogen and oxygen atoms in total. The van der Waals surface area contributed by atoms with E-state index in [1.165, 1.54) is 25.1 Å². The van der Waals surface area contributed by atoms with Gasteiger partial charge in [-0.05, 0) is 22.6 Å². The van der Waals surface area contributed by atoms with Crippen molar-refractivity contribution in [1.82, 2.24) is 14.0 Å². The van der Waals surface area contributed by atoms with Crippen LogP contribution in [0.5, 0.6) is 0 Å². The lowest BCUT2D eigenvalue weighted by Gasteiger charge is -2.11. The molecule has 0 aliphatic heterocycles. The highest BCUT2D eigenvalue weighted by molar-refractivity contribution is 14.1. The SMILES string of the molecule is COC(=O)Cn1c(=O)c(I)c(N=CN(C)C)n(C)c1=O. The van der Waals surface area contributed by atoms with Crippen LogP contribution >= 0.6 is 22.6 Å². The van der Waals surface area contributed by atoms with E-state index >= 15 is 0 Å². The van der Waals surface area contributed by atoms with Gasteiger partial charge in [0, 0.05) is 21.1 Å². The van der Waals surface area contributed by atoms with Crippen molar-refractivity contribution in [3.63, 3.8) is 0 Å². The topological polar surface area (TPSA) is 85.9 Å². The first-order chi connectivity index (χ1) is 9.29. The van der Waals surface area contributed by atoms with Crippen LogP contribution in [-0.4, -0.2) is 47.5 Å². The average molecular weight is 394 g/mol. The summed E-state index contributed by atoms with van der Waals surface area (Å²) in [5.74, 6) is -0.417. The van der Waals surface area contributed by atoms with Gasteiger partial charge in [0.15, 0.2) is 5.82 Å². The third kappa shape index (κ3) is 3.46. The Kier molecular flexibility index (Phi) is 5.48. The Morgan fingerprint density at radius 1 is 1.45 bits per heavy atom. The van der Waals surface area contributed by atoms with Gasteiger partial charge in [-0.2, -0.15) is 0 Å². The van der Waals surface area contributed by atoms with Gasteiger partial charge in [-0.25, -0.2) is 14.4 Å². The van der Waals surface area contributed by atoms with Crippen LogP contribution in [-0.2, 0) is 23.1 Å². The molecular weight excluding hydrogens is 379 g/mol. The van der Waals surface area contributed by atoms with Crippen LogP contribution in [0.3, 0.4) is 0 Å². The van der Waals surface area contributed by atoms with E-state index in [2.05, 4.69) is 9.73 Å². The number of ether oxygens (including phenoxy) is 1. The number of carbonyl (C=O) groups excluding carboxylic acids is 1. The minimum Gasteiger partial charge on any atom is -0.468 e. The van der Waals surface area contributed by atoms with Crippen LogP contribution in [0, 0.1) is 3.57 Å². The first-order valence-corrected chi connectivity index (χ1v) is 6.64. The number of aliphatic imine (C=N–C) groups is 1. The van der Waals surface area contributed by atoms with Crippen molar-refractivity contribution in [2.75, 3.05) is 21.2 Å². The van der Waals surface area contributed by atoms with E-state index in [4.69, 9.17) is 0 Å². The second-order valence-corrected chi connectivity index (χ2v) is 5.23. The summed E-state index contributed by atoms with van der Waals surface area (Å²) in [5, 5.41) is 0. The summed E-state index contributed by atoms with van der Waals surface area (Å²) < 4.78 is 6.76. The summed E-state index contributed by atoms with van der Waals surface area (Å²) in [4.78, 5) is 41.2. The molecule has 0 aliphatic rings. The number of hydrogen-bond acceptors (Lipinski definition) is 5. The third-order valence-corrected chi connectivity index (χ3v) is 3.33. The lowest BCUT2D eigenvalue weighted by molar-refractivity contribution is -0.141. The first kappa shape index (κ1) is 16.4. The molecule has 20 heavy (non-hydrogen) atoms. The largest absolute Gasteiger partial charge is 0.468 e. The Hall–Kier alpha value is -1.65. The van der Waals surface area contributed by atoms with Gasteiger partial charge < -0.3 is 9.64 Å². The number of hydrogen-bond donors (Lipinski definition) is 0. The van der Waals surface area contributed by atoms with E-state index in [-0.39, 0.29) is 9.39 Å². The number of methoxy groups -OCH3 is 1. The number of halogens is 1. The fourth-order valence-corrected chi connectivity index (χ4v) is 2.16. The molecule has 0 fully saturated rings. The number of aromatic nitrogens is 2. The van der Waals surface area contributed by atoms with Crippen LogP contribution in [0.15, 0.2) is 14.6 Å². The van der Waals surface area contributed by atoms with Gasteiger partial charge in [-0.1, -0.05) is 0 Å². The summed E-state index contributed by atoms with van der Waals surface area (Å²) in [5.41, 5.74) is -1.18. The van der Waals surface area contributed by atoms with Gasteiger partial charge in [-0.15, -0.1) is 0 Å². The monoisotopic (exact) mass is 394 g/mol. The Labute approximate surface area is 128 Å². The Morgan fingerprint density at radius 3 is 2.55 bits per heavy atom. The minimum absolute atomic E-state index is 0.246. The van der Waals surface area contributed by atoms with Gasteiger partial charge in [0.05, 0.1) is 13.4 Å². The average Bonchev–Trinajstić information content (AvgIpc) is 2.40. The molecule has 0 saturated heterocycles. The number of rotatable bonds is 4. The molecule has 1 heterocycles. The van der Waals surface area contributed by atoms with Crippen molar-refractivity contribution in [2.24, 2.45) is 12.0 Å². The van der Waals surface area contributed by atoms with Crippen molar-refractivity contribution in [2.45, 2.75) is 6.54 Å². The highest BCUT2D eigenvalue weighted by Crippen LogP contribution is 2.14. The molecule has 1 aromatic heterocycles. The summed E-state index contributed by atoms with van der Waals surface area (Å²) in [6.45, 7) is -0.421. The maximum Gasteiger partial charge on any atom is 0.332 e. The van der Waals surface area contributed by atoms with E-state index in [0.29, 0.717) is 0 Å². The Balaban J connectivity index is 3.46. The van der Waals surface area contributed by atoms with Crippen molar-refractivity contribution in [1.29, 1.82) is 0 Å². The smallest absolute Gasteiger partial charge is 0.332 e. The summed E-state index contributed by atoms with van der Waals surface area (Å²) in [7, 11) is 6.22. The maximum absolute atomic E-state index is 12.1. The zero-order valence-electron chi connectivity index (χ0n) is 11.6. The molecule has 1 aromatic rings. The quantitative estimate of drug-likeness (QED) is 0.299. The van der Waals surface area contributed by atoms with Crippen molar-refractivity contribution in [3.05, 3.63) is 24.4 Å². The van der Waals surface area contributed by atoms with Gasteiger partial charge in [-0.3, -0.25) is 14.2 Å². The molecule has 9 heteroatoms. The molecular formula is C11H15IN4O4. The molecule has 0 radical (unpaired) electrons. The first-order valence-electron chi connectivity index (χ1n) is 5.56. The van der Waals surface area contributed by atoms with Crippen LogP contribution in [0.1, 0.15) is 0 Å². The van der Waals surface area contributed by atoms with E-state index in [9.17, 15) is 14.4 Å². The second-order valence-electron chi connectivity index (χ2n) is 4.15. The zero-order chi connectivity index (χ0) is 15.4. The van der Waals surface area contributed by atoms with E-state index in [1.807, 2.05) is 0 Å². The van der Waals surface area contributed by atoms with Crippen molar-refractivity contribution >= 4 is 40.7 Å². The Bertz CT molecular complexity index is 622. The highest BCUT2D eigenvalue weighted by atomic mass is 127. The lowest BCUT2D eigenvalue weighted by atomic mass is 10.5. The second kappa shape index (κ2) is 6.68. The Morgan fingerprint density at radius 2 is 2.05 bits per heavy atom. The standard InChI is InChI=1S/C11H15IN4O4/c1-14(2)6-13-9-8(12)10(18)16(5-7(17)20-4)11(19)15(9)3/h6H,5H2,1-4H3. The fourth-order valence-electron chi connectivity index (χ4n) is 1.37. The molecule has 0 N–H and O–H groups in total. The van der Waals surface area contributed by atoms with Crippen molar-refractivity contribution < 1.29 is 9.53 Å². The van der Waals surface area contributed by atoms with Crippen LogP contribution < -0.4 is 11.2 Å². The molecule has 0 aliphatic carbocycles. The number of nitrogens with zero attached hydrogens (tertiary/aromatic N) is 4. The summed E-state index contributed by atoms with van der Waals surface area (Å²) in [6.07, 6.45) is 1.49. The van der Waals surface area contributed by atoms with Gasteiger partial charge in [0.25, 0.3) is 5.56 Å². The minimum atomic E-state index is -0.662. The summed E-state index contributed by atoms with van der Waals surface area (Å²) >= 11 is 1.80. The lowest BCUT2D eigenvalue weighted by Crippen LogP contribution is -2.42. The normalized spacial score (nSPS) is 10.8. The number of esters is 1. The predicted octanol–water partition coefficient (Wildman–Crippen LogP) is -0.454. The molecule has 0 spiro atoms. The zero-order valence-corrected chi connectivity index (χ0v) is 13.7. The molecule has 110 valence electrons. The van der Waals surface area contributed by atoms with Crippen LogP contribution in [0.4, 0.5) is 5.82 Å². The molecule has 0 atom stereocenters. The van der Waals surface area contributed by atoms with Crippen LogP contribution in [0.2, 0.25) is 0 Å². The number of carbonyl (C=O) groups is 1. The molecule has 0 saturated carbocycles. The van der Waals surface area contributed by atoms with E-state index < -0.39 is 23.8 Å². The molecule has 0 unspecified atom stereocenters. The van der Waals surface area contributed by atoms with Gasteiger partial charge >= 0.3 is 11.7 Å². The molecule has 1 rings (SSSR count). The molecule has 0 bridgehead atoms. The highest BCUT2D eigenvalue weighted by Gasteiger charge is 2.16. The van der Waals surface area contributed by atoms with Crippen LogP contribution in [0.25, 0.3) is 0 Å². The van der Waals surface area contributed by atoms with Gasteiger partial charge in [0.2, 0.25) is 0 Å². The van der Waals surface area contributed by atoms with E-state index in [0.717, 1.165) is 4.57 Å². The molecule has 0 aromatic carbocycles. The predicted molar refractivity (Wildman–Crippen MR) is 82.5 cm³/mol. The van der Waals surface area contributed by atoms with Crippen molar-refractivity contribution in [3.8, 4) is 0 Å². The van der Waals surface area contributed by atoms with E-state index in [1.54, 1.807) is 41.6 Å². The summed E-state index contributed by atoms with van der Waals surface area (Å²) in [6, 6.07) is 0. The fraction of sp³-hybridized carbons (Fsp3) is 0.455. The van der Waals surface area contributed by atoms with Gasteiger partial charge in [0.1, 0.15) is 10.1 Å². The maximum atomic E-state index is 12.1. The molecule has 0 amide bonds. The third-order valence-electron chi connectivity index (χ3n) is 2.39.